The van der Waals surface area contributed by atoms with Crippen LogP contribution in [0, 0.1) is 0 Å². The zero-order valence-electron chi connectivity index (χ0n) is 6.51. The van der Waals surface area contributed by atoms with Crippen molar-refractivity contribution < 1.29 is 14.2 Å². The average molecular weight is 270 g/mol. The van der Waals surface area contributed by atoms with Crippen molar-refractivity contribution in [1.29, 1.82) is 0 Å². The van der Waals surface area contributed by atoms with E-state index in [4.69, 9.17) is 60.6 Å². The van der Waals surface area contributed by atoms with Crippen LogP contribution in [0.25, 0.3) is 0 Å². The highest BCUT2D eigenvalue weighted by molar-refractivity contribution is 6.67. The minimum atomic E-state index is -1.61. The Morgan fingerprint density at radius 2 is 1.85 bits per heavy atom. The van der Waals surface area contributed by atoms with E-state index in [9.17, 15) is 0 Å². The summed E-state index contributed by atoms with van der Waals surface area (Å²) in [5.74, 6) is 0.315. The van der Waals surface area contributed by atoms with Crippen LogP contribution in [0.2, 0.25) is 0 Å². The molecule has 0 amide bonds. The van der Waals surface area contributed by atoms with Gasteiger partial charge >= 0.3 is 0 Å². The molecule has 0 spiro atoms. The van der Waals surface area contributed by atoms with Crippen LogP contribution < -0.4 is 0 Å². The van der Waals surface area contributed by atoms with Crippen LogP contribution in [0.15, 0.2) is 0 Å². The maximum absolute atomic E-state index is 5.57. The molecule has 0 aromatic heterocycles. The van der Waals surface area contributed by atoms with Crippen LogP contribution in [0.1, 0.15) is 0 Å². The van der Waals surface area contributed by atoms with Gasteiger partial charge in [0.15, 0.2) is 6.79 Å². The molecule has 1 rings (SSSR count). The monoisotopic (exact) mass is 268 g/mol. The third-order valence-corrected chi connectivity index (χ3v) is 2.27. The number of hydrogen-bond acceptors (Lipinski definition) is 3. The van der Waals surface area contributed by atoms with Crippen molar-refractivity contribution in [3.05, 3.63) is 0 Å². The SMILES string of the molecule is ClCC1COC(C(Cl)(Cl)Cl)OCO1. The smallest absolute Gasteiger partial charge is 0.240 e. The summed E-state index contributed by atoms with van der Waals surface area (Å²) in [5, 5.41) is 0. The zero-order chi connectivity index (χ0) is 9.90. The van der Waals surface area contributed by atoms with E-state index in [1.165, 1.54) is 0 Å². The molecule has 1 saturated heterocycles. The van der Waals surface area contributed by atoms with E-state index in [0.717, 1.165) is 0 Å². The fourth-order valence-electron chi connectivity index (χ4n) is 0.766. The van der Waals surface area contributed by atoms with Crippen molar-refractivity contribution in [1.82, 2.24) is 0 Å². The van der Waals surface area contributed by atoms with Gasteiger partial charge in [0.25, 0.3) is 0 Å². The van der Waals surface area contributed by atoms with Crippen LogP contribution >= 0.6 is 46.4 Å². The quantitative estimate of drug-likeness (QED) is 0.684. The Kier molecular flexibility index (Phi) is 4.86. The topological polar surface area (TPSA) is 27.7 Å². The molecule has 2 atom stereocenters. The number of rotatable bonds is 1. The van der Waals surface area contributed by atoms with Crippen molar-refractivity contribution in [2.24, 2.45) is 0 Å². The highest BCUT2D eigenvalue weighted by atomic mass is 35.6. The number of alkyl halides is 4. The molecule has 78 valence electrons. The highest BCUT2D eigenvalue weighted by Gasteiger charge is 2.36. The molecule has 0 bridgehead atoms. The Bertz CT molecular complexity index is 160. The largest absolute Gasteiger partial charge is 0.348 e. The molecule has 1 fully saturated rings. The van der Waals surface area contributed by atoms with Gasteiger partial charge in [0, 0.05) is 0 Å². The van der Waals surface area contributed by atoms with Gasteiger partial charge in [-0.25, -0.2) is 0 Å². The Morgan fingerprint density at radius 3 is 2.38 bits per heavy atom. The second-order valence-electron chi connectivity index (χ2n) is 2.43. The predicted octanol–water partition coefficient (Wildman–Crippen LogP) is 2.31. The first-order valence-corrected chi connectivity index (χ1v) is 5.18. The summed E-state index contributed by atoms with van der Waals surface area (Å²) in [5.41, 5.74) is 0. The van der Waals surface area contributed by atoms with Crippen LogP contribution in [-0.4, -0.2) is 35.5 Å². The molecule has 0 aromatic carbocycles. The highest BCUT2D eigenvalue weighted by Crippen LogP contribution is 2.33. The molecule has 7 heteroatoms. The Labute approximate surface area is 96.1 Å². The van der Waals surface area contributed by atoms with Gasteiger partial charge in [-0.2, -0.15) is 0 Å². The van der Waals surface area contributed by atoms with E-state index in [1.807, 2.05) is 0 Å². The molecule has 2 unspecified atom stereocenters. The Balaban J connectivity index is 2.45. The Hall–Kier alpha value is 1.04. The molecule has 0 N–H and O–H groups in total. The third kappa shape index (κ3) is 3.96. The predicted molar refractivity (Wildman–Crippen MR) is 51.6 cm³/mol. The van der Waals surface area contributed by atoms with Gasteiger partial charge in [0.2, 0.25) is 10.1 Å². The first-order valence-electron chi connectivity index (χ1n) is 3.51. The molecule has 0 aromatic rings. The summed E-state index contributed by atoms with van der Waals surface area (Å²) in [4.78, 5) is 0. The molecule has 0 saturated carbocycles. The van der Waals surface area contributed by atoms with Gasteiger partial charge in [0.05, 0.1) is 18.6 Å². The summed E-state index contributed by atoms with van der Waals surface area (Å²) < 4.78 is 13.7. The van der Waals surface area contributed by atoms with Crippen molar-refractivity contribution in [2.45, 2.75) is 16.2 Å². The molecule has 1 aliphatic rings. The number of ether oxygens (including phenoxy) is 3. The molecular weight excluding hydrogens is 262 g/mol. The number of halogens is 4. The van der Waals surface area contributed by atoms with Gasteiger partial charge in [0.1, 0.15) is 0 Å². The summed E-state index contributed by atoms with van der Waals surface area (Å²) >= 11 is 22.3. The van der Waals surface area contributed by atoms with Crippen LogP contribution in [0.5, 0.6) is 0 Å². The summed E-state index contributed by atoms with van der Waals surface area (Å²) in [6.07, 6.45) is -1.13. The minimum absolute atomic E-state index is 0.00988. The molecular formula is C6H8Cl4O3. The van der Waals surface area contributed by atoms with Gasteiger partial charge in [-0.1, -0.05) is 34.8 Å². The zero-order valence-corrected chi connectivity index (χ0v) is 9.54. The van der Waals surface area contributed by atoms with Gasteiger partial charge in [-0.3, -0.25) is 0 Å². The standard InChI is InChI=1S/C6H8Cl4O3/c7-1-4-2-11-5(6(8,9)10)13-3-12-4/h4-5H,1-3H2. The van der Waals surface area contributed by atoms with Gasteiger partial charge in [-0.15, -0.1) is 11.6 Å². The van der Waals surface area contributed by atoms with Crippen molar-refractivity contribution in [3.63, 3.8) is 0 Å². The molecule has 3 nitrogen and oxygen atoms in total. The third-order valence-electron chi connectivity index (χ3n) is 1.40. The maximum Gasteiger partial charge on any atom is 0.240 e. The lowest BCUT2D eigenvalue weighted by Gasteiger charge is -2.21. The lowest BCUT2D eigenvalue weighted by atomic mass is 10.4. The lowest BCUT2D eigenvalue weighted by Crippen LogP contribution is -2.31. The molecule has 0 radical (unpaired) electrons. The van der Waals surface area contributed by atoms with E-state index < -0.39 is 10.1 Å². The second-order valence-corrected chi connectivity index (χ2v) is 5.11. The second kappa shape index (κ2) is 5.21. The molecule has 1 aliphatic heterocycles. The summed E-state index contributed by atoms with van der Waals surface area (Å²) in [7, 11) is 0. The summed E-state index contributed by atoms with van der Waals surface area (Å²) in [6.45, 7) is 0.262. The van der Waals surface area contributed by atoms with E-state index in [0.29, 0.717) is 5.88 Å². The van der Waals surface area contributed by atoms with E-state index in [1.54, 1.807) is 0 Å². The van der Waals surface area contributed by atoms with Gasteiger partial charge < -0.3 is 14.2 Å². The maximum atomic E-state index is 5.57. The molecule has 13 heavy (non-hydrogen) atoms. The van der Waals surface area contributed by atoms with Crippen LogP contribution in [0.3, 0.4) is 0 Å². The fraction of sp³-hybridized carbons (Fsp3) is 1.00. The minimum Gasteiger partial charge on any atom is -0.348 e. The van der Waals surface area contributed by atoms with E-state index >= 15 is 0 Å². The van der Waals surface area contributed by atoms with Crippen molar-refractivity contribution in [3.8, 4) is 0 Å². The first-order chi connectivity index (χ1) is 6.04. The summed E-state index contributed by atoms with van der Waals surface area (Å²) in [6, 6.07) is 0. The molecule has 1 heterocycles. The van der Waals surface area contributed by atoms with E-state index in [-0.39, 0.29) is 19.5 Å². The van der Waals surface area contributed by atoms with Crippen LogP contribution in [-0.2, 0) is 14.2 Å². The van der Waals surface area contributed by atoms with Gasteiger partial charge in [-0.05, 0) is 0 Å². The first kappa shape index (κ1) is 12.1. The fourth-order valence-corrected chi connectivity index (χ4v) is 1.32. The number of hydrogen-bond donors (Lipinski definition) is 0. The van der Waals surface area contributed by atoms with E-state index in [2.05, 4.69) is 0 Å². The molecule has 0 aliphatic carbocycles. The lowest BCUT2D eigenvalue weighted by molar-refractivity contribution is -0.150. The average Bonchev–Trinajstić information content (AvgIpc) is 2.26. The normalized spacial score (nSPS) is 31.4. The Morgan fingerprint density at radius 1 is 1.15 bits per heavy atom. The van der Waals surface area contributed by atoms with Crippen molar-refractivity contribution >= 4 is 46.4 Å². The van der Waals surface area contributed by atoms with Crippen LogP contribution in [0.4, 0.5) is 0 Å². The van der Waals surface area contributed by atoms with Crippen molar-refractivity contribution in [2.75, 3.05) is 19.3 Å².